The number of oxazole rings is 1. The molecule has 0 aliphatic carbocycles. The van der Waals surface area contributed by atoms with Crippen molar-refractivity contribution in [3.05, 3.63) is 47.5 Å². The zero-order chi connectivity index (χ0) is 18.7. The third-order valence-corrected chi connectivity index (χ3v) is 6.44. The molecule has 0 N–H and O–H groups in total. The molecule has 0 fully saturated rings. The Labute approximate surface area is 161 Å². The van der Waals surface area contributed by atoms with E-state index in [-0.39, 0.29) is 4.90 Å². The second kappa shape index (κ2) is 7.87. The Morgan fingerprint density at radius 3 is 2.73 bits per heavy atom. The van der Waals surface area contributed by atoms with Crippen LogP contribution >= 0.6 is 23.4 Å². The lowest BCUT2D eigenvalue weighted by Crippen LogP contribution is -2.22. The summed E-state index contributed by atoms with van der Waals surface area (Å²) in [6.45, 7) is 0.438. The number of rotatable bonds is 7. The highest BCUT2D eigenvalue weighted by atomic mass is 35.5. The molecule has 0 unspecified atom stereocenters. The largest absolute Gasteiger partial charge is 0.491 e. The molecule has 6 nitrogen and oxygen atoms in total. The molecule has 0 amide bonds. The molecular formula is C17H17ClN2O4S2. The van der Waals surface area contributed by atoms with Gasteiger partial charge in [-0.05, 0) is 30.3 Å². The molecule has 0 radical (unpaired) electrons. The smallest absolute Gasteiger partial charge is 0.256 e. The SMILES string of the molecule is CN(C)S(=O)(=O)c1ccc2oc(SCCOc3ccccc3Cl)nc2c1. The van der Waals surface area contributed by atoms with Crippen LogP contribution < -0.4 is 4.74 Å². The van der Waals surface area contributed by atoms with Crippen molar-refractivity contribution in [1.82, 2.24) is 9.29 Å². The van der Waals surface area contributed by atoms with Crippen LogP contribution in [0.3, 0.4) is 0 Å². The molecule has 3 aromatic rings. The van der Waals surface area contributed by atoms with Crippen molar-refractivity contribution in [3.8, 4) is 5.75 Å². The van der Waals surface area contributed by atoms with E-state index < -0.39 is 10.0 Å². The molecule has 0 bridgehead atoms. The Kier molecular flexibility index (Phi) is 5.76. The maximum atomic E-state index is 12.2. The molecule has 2 aromatic carbocycles. The van der Waals surface area contributed by atoms with Gasteiger partial charge < -0.3 is 9.15 Å². The summed E-state index contributed by atoms with van der Waals surface area (Å²) in [5.41, 5.74) is 1.04. The first-order chi connectivity index (χ1) is 12.4. The van der Waals surface area contributed by atoms with E-state index in [9.17, 15) is 8.42 Å². The van der Waals surface area contributed by atoms with Crippen LogP contribution in [-0.4, -0.2) is 44.2 Å². The summed E-state index contributed by atoms with van der Waals surface area (Å²) in [6, 6.07) is 11.9. The maximum absolute atomic E-state index is 12.2. The monoisotopic (exact) mass is 412 g/mol. The van der Waals surface area contributed by atoms with E-state index in [1.807, 2.05) is 12.1 Å². The highest BCUT2D eigenvalue weighted by Crippen LogP contribution is 2.27. The molecule has 9 heteroatoms. The van der Waals surface area contributed by atoms with Crippen molar-refractivity contribution < 1.29 is 17.6 Å². The fourth-order valence-corrected chi connectivity index (χ4v) is 3.93. The third kappa shape index (κ3) is 4.15. The summed E-state index contributed by atoms with van der Waals surface area (Å²) < 4.78 is 36.8. The number of hydrogen-bond donors (Lipinski definition) is 0. The zero-order valence-corrected chi connectivity index (χ0v) is 16.6. The fourth-order valence-electron chi connectivity index (χ4n) is 2.16. The van der Waals surface area contributed by atoms with Crippen molar-refractivity contribution >= 4 is 44.5 Å². The van der Waals surface area contributed by atoms with Crippen LogP contribution in [-0.2, 0) is 10.0 Å². The average molecular weight is 413 g/mol. The molecule has 0 spiro atoms. The van der Waals surface area contributed by atoms with Gasteiger partial charge in [-0.1, -0.05) is 35.5 Å². The zero-order valence-electron chi connectivity index (χ0n) is 14.2. The van der Waals surface area contributed by atoms with E-state index in [0.717, 1.165) is 4.31 Å². The first-order valence-corrected chi connectivity index (χ1v) is 10.5. The summed E-state index contributed by atoms with van der Waals surface area (Å²) in [5, 5.41) is 1.02. The minimum absolute atomic E-state index is 0.182. The van der Waals surface area contributed by atoms with Crippen LogP contribution in [0.4, 0.5) is 0 Å². The third-order valence-electron chi connectivity index (χ3n) is 3.52. The summed E-state index contributed by atoms with van der Waals surface area (Å²) in [7, 11) is -0.525. The van der Waals surface area contributed by atoms with Crippen molar-refractivity contribution in [2.75, 3.05) is 26.5 Å². The Morgan fingerprint density at radius 2 is 2.00 bits per heavy atom. The van der Waals surface area contributed by atoms with Crippen molar-refractivity contribution in [2.24, 2.45) is 0 Å². The Morgan fingerprint density at radius 1 is 1.23 bits per heavy atom. The number of para-hydroxylation sites is 1. The molecule has 138 valence electrons. The normalized spacial score (nSPS) is 12.0. The Hall–Kier alpha value is -1.74. The summed E-state index contributed by atoms with van der Waals surface area (Å²) in [5.74, 6) is 1.24. The van der Waals surface area contributed by atoms with E-state index in [2.05, 4.69) is 4.98 Å². The molecule has 0 saturated heterocycles. The standard InChI is InChI=1S/C17H17ClN2O4S2/c1-20(2)26(21,22)12-7-8-16-14(11-12)19-17(24-16)25-10-9-23-15-6-4-3-5-13(15)18/h3-8,11H,9-10H2,1-2H3. The van der Waals surface area contributed by atoms with E-state index in [4.69, 9.17) is 20.8 Å². The van der Waals surface area contributed by atoms with Gasteiger partial charge in [-0.2, -0.15) is 0 Å². The second-order valence-corrected chi connectivity index (χ2v) is 9.13. The van der Waals surface area contributed by atoms with Gasteiger partial charge in [-0.15, -0.1) is 0 Å². The Balaban J connectivity index is 1.65. The predicted molar refractivity (Wildman–Crippen MR) is 103 cm³/mol. The van der Waals surface area contributed by atoms with E-state index in [0.29, 0.717) is 39.5 Å². The van der Waals surface area contributed by atoms with Crippen LogP contribution in [0.25, 0.3) is 11.1 Å². The number of ether oxygens (including phenoxy) is 1. The van der Waals surface area contributed by atoms with Gasteiger partial charge in [0, 0.05) is 19.8 Å². The summed E-state index contributed by atoms with van der Waals surface area (Å²) >= 11 is 7.42. The van der Waals surface area contributed by atoms with Gasteiger partial charge in [-0.25, -0.2) is 17.7 Å². The van der Waals surface area contributed by atoms with Gasteiger partial charge in [0.2, 0.25) is 10.0 Å². The molecule has 26 heavy (non-hydrogen) atoms. The highest BCUT2D eigenvalue weighted by Gasteiger charge is 2.19. The lowest BCUT2D eigenvalue weighted by Gasteiger charge is -2.10. The molecular weight excluding hydrogens is 396 g/mol. The first kappa shape index (κ1) is 19.0. The van der Waals surface area contributed by atoms with E-state index in [1.54, 1.807) is 18.2 Å². The molecule has 0 aliphatic heterocycles. The summed E-state index contributed by atoms with van der Waals surface area (Å²) in [6.07, 6.45) is 0. The molecule has 1 heterocycles. The lowest BCUT2D eigenvalue weighted by atomic mass is 10.3. The van der Waals surface area contributed by atoms with Crippen molar-refractivity contribution in [1.29, 1.82) is 0 Å². The van der Waals surface area contributed by atoms with Gasteiger partial charge in [0.15, 0.2) is 5.58 Å². The van der Waals surface area contributed by atoms with Crippen LogP contribution in [0.5, 0.6) is 5.75 Å². The maximum Gasteiger partial charge on any atom is 0.256 e. The van der Waals surface area contributed by atoms with E-state index >= 15 is 0 Å². The topological polar surface area (TPSA) is 72.6 Å². The quantitative estimate of drug-likeness (QED) is 0.433. The van der Waals surface area contributed by atoms with Crippen LogP contribution in [0, 0.1) is 0 Å². The number of thioether (sulfide) groups is 1. The van der Waals surface area contributed by atoms with Gasteiger partial charge in [0.25, 0.3) is 5.22 Å². The molecule has 3 rings (SSSR count). The van der Waals surface area contributed by atoms with Gasteiger partial charge >= 0.3 is 0 Å². The van der Waals surface area contributed by atoms with E-state index in [1.165, 1.54) is 38.0 Å². The number of benzene rings is 2. The van der Waals surface area contributed by atoms with Crippen LogP contribution in [0.15, 0.2) is 57.0 Å². The number of aromatic nitrogens is 1. The highest BCUT2D eigenvalue weighted by molar-refractivity contribution is 7.99. The predicted octanol–water partition coefficient (Wildman–Crippen LogP) is 3.90. The second-order valence-electron chi connectivity index (χ2n) is 5.52. The molecule has 1 aromatic heterocycles. The van der Waals surface area contributed by atoms with Crippen molar-refractivity contribution in [3.63, 3.8) is 0 Å². The lowest BCUT2D eigenvalue weighted by molar-refractivity contribution is 0.343. The number of sulfonamides is 1. The molecule has 0 aliphatic rings. The fraction of sp³-hybridized carbons (Fsp3) is 0.235. The van der Waals surface area contributed by atoms with Gasteiger partial charge in [0.05, 0.1) is 16.5 Å². The number of nitrogens with zero attached hydrogens (tertiary/aromatic N) is 2. The minimum Gasteiger partial charge on any atom is -0.491 e. The summed E-state index contributed by atoms with van der Waals surface area (Å²) in [4.78, 5) is 4.52. The van der Waals surface area contributed by atoms with Crippen LogP contribution in [0.2, 0.25) is 5.02 Å². The molecule has 0 saturated carbocycles. The van der Waals surface area contributed by atoms with Crippen molar-refractivity contribution in [2.45, 2.75) is 10.1 Å². The Bertz CT molecular complexity index is 1020. The molecule has 0 atom stereocenters. The number of halogens is 1. The van der Waals surface area contributed by atoms with Gasteiger partial charge in [-0.3, -0.25) is 0 Å². The van der Waals surface area contributed by atoms with Crippen LogP contribution in [0.1, 0.15) is 0 Å². The number of fused-ring (bicyclic) bond motifs is 1. The minimum atomic E-state index is -3.50. The average Bonchev–Trinajstić information content (AvgIpc) is 3.02. The number of hydrogen-bond acceptors (Lipinski definition) is 6. The van der Waals surface area contributed by atoms with Gasteiger partial charge in [0.1, 0.15) is 11.3 Å². The first-order valence-electron chi connectivity index (χ1n) is 7.71.